The van der Waals surface area contributed by atoms with Gasteiger partial charge in [0.1, 0.15) is 12.4 Å². The summed E-state index contributed by atoms with van der Waals surface area (Å²) in [6.07, 6.45) is 0. The quantitative estimate of drug-likeness (QED) is 0.829. The number of nitrogens with zero attached hydrogens (tertiary/aromatic N) is 1. The molecule has 2 aromatic rings. The number of hydrogen-bond acceptors (Lipinski definition) is 2. The summed E-state index contributed by atoms with van der Waals surface area (Å²) in [5.41, 5.74) is 2.51. The van der Waals surface area contributed by atoms with E-state index in [-0.39, 0.29) is 0 Å². The number of halogens is 1. The Balaban J connectivity index is 2.14. The zero-order valence-corrected chi connectivity index (χ0v) is 10.7. The van der Waals surface area contributed by atoms with Crippen molar-refractivity contribution in [2.75, 3.05) is 0 Å². The third-order valence-corrected chi connectivity index (χ3v) is 2.89. The van der Waals surface area contributed by atoms with Gasteiger partial charge in [-0.2, -0.15) is 5.26 Å². The number of benzene rings is 2. The van der Waals surface area contributed by atoms with Crippen molar-refractivity contribution in [2.45, 2.75) is 13.5 Å². The van der Waals surface area contributed by atoms with E-state index in [0.717, 1.165) is 16.9 Å². The zero-order chi connectivity index (χ0) is 13.0. The molecule has 0 aliphatic rings. The normalized spacial score (nSPS) is 9.83. The van der Waals surface area contributed by atoms with Gasteiger partial charge in [-0.3, -0.25) is 0 Å². The van der Waals surface area contributed by atoms with Gasteiger partial charge in [0.25, 0.3) is 0 Å². The Bertz CT molecular complexity index is 602. The minimum atomic E-state index is 0.381. The highest BCUT2D eigenvalue weighted by Gasteiger charge is 2.04. The molecule has 0 N–H and O–H groups in total. The molecule has 0 heterocycles. The van der Waals surface area contributed by atoms with Gasteiger partial charge in [-0.1, -0.05) is 29.8 Å². The second-order valence-electron chi connectivity index (χ2n) is 3.97. The third kappa shape index (κ3) is 2.82. The van der Waals surface area contributed by atoms with Gasteiger partial charge in [0.2, 0.25) is 0 Å². The molecule has 0 aromatic heterocycles. The number of ether oxygens (including phenoxy) is 1. The lowest BCUT2D eigenvalue weighted by Crippen LogP contribution is -1.99. The molecule has 0 radical (unpaired) electrons. The molecule has 2 nitrogen and oxygen atoms in total. The van der Waals surface area contributed by atoms with Crippen LogP contribution in [0.25, 0.3) is 0 Å². The molecule has 0 bridgehead atoms. The van der Waals surface area contributed by atoms with Crippen LogP contribution < -0.4 is 4.74 Å². The summed E-state index contributed by atoms with van der Waals surface area (Å²) < 4.78 is 5.71. The predicted octanol–water partition coefficient (Wildman–Crippen LogP) is 4.10. The first-order valence-corrected chi connectivity index (χ1v) is 5.95. The maximum Gasteiger partial charge on any atom is 0.122 e. The maximum atomic E-state index is 8.98. The Morgan fingerprint density at radius 2 is 2.00 bits per heavy atom. The van der Waals surface area contributed by atoms with Gasteiger partial charge in [-0.25, -0.2) is 0 Å². The van der Waals surface area contributed by atoms with Crippen molar-refractivity contribution >= 4 is 11.6 Å². The van der Waals surface area contributed by atoms with Crippen molar-refractivity contribution in [3.63, 3.8) is 0 Å². The monoisotopic (exact) mass is 257 g/mol. The second kappa shape index (κ2) is 5.57. The van der Waals surface area contributed by atoms with E-state index in [9.17, 15) is 0 Å². The zero-order valence-electron chi connectivity index (χ0n) is 9.98. The van der Waals surface area contributed by atoms with Crippen molar-refractivity contribution in [2.24, 2.45) is 0 Å². The molecule has 0 atom stereocenters. The lowest BCUT2D eigenvalue weighted by atomic mass is 10.1. The SMILES string of the molecule is Cc1cc(Cl)ccc1OCc1ccccc1C#N. The molecule has 0 fully saturated rings. The van der Waals surface area contributed by atoms with Crippen LogP contribution >= 0.6 is 11.6 Å². The van der Waals surface area contributed by atoms with Crippen LogP contribution in [-0.2, 0) is 6.61 Å². The van der Waals surface area contributed by atoms with Crippen LogP contribution in [0, 0.1) is 18.3 Å². The van der Waals surface area contributed by atoms with Gasteiger partial charge in [0, 0.05) is 10.6 Å². The molecule has 2 rings (SSSR count). The van der Waals surface area contributed by atoms with Crippen molar-refractivity contribution in [1.29, 1.82) is 5.26 Å². The minimum Gasteiger partial charge on any atom is -0.489 e. The molecule has 0 amide bonds. The Labute approximate surface area is 111 Å². The van der Waals surface area contributed by atoms with Crippen LogP contribution in [0.3, 0.4) is 0 Å². The van der Waals surface area contributed by atoms with E-state index in [0.29, 0.717) is 17.2 Å². The maximum absolute atomic E-state index is 8.98. The van der Waals surface area contributed by atoms with Gasteiger partial charge in [-0.05, 0) is 36.8 Å². The summed E-state index contributed by atoms with van der Waals surface area (Å²) in [6, 6.07) is 15.1. The smallest absolute Gasteiger partial charge is 0.122 e. The third-order valence-electron chi connectivity index (χ3n) is 2.66. The number of nitriles is 1. The van der Waals surface area contributed by atoms with Crippen molar-refractivity contribution < 1.29 is 4.74 Å². The Hall–Kier alpha value is -1.98. The fraction of sp³-hybridized carbons (Fsp3) is 0.133. The molecular formula is C15H12ClNO. The molecule has 2 aromatic carbocycles. The molecule has 3 heteroatoms. The highest BCUT2D eigenvalue weighted by atomic mass is 35.5. The second-order valence-corrected chi connectivity index (χ2v) is 4.40. The first-order chi connectivity index (χ1) is 8.70. The molecule has 0 saturated carbocycles. The van der Waals surface area contributed by atoms with E-state index in [1.807, 2.05) is 37.3 Å². The molecular weight excluding hydrogens is 246 g/mol. The summed E-state index contributed by atoms with van der Waals surface area (Å²) in [5.74, 6) is 0.784. The average molecular weight is 258 g/mol. The van der Waals surface area contributed by atoms with Crippen LogP contribution in [-0.4, -0.2) is 0 Å². The molecule has 90 valence electrons. The van der Waals surface area contributed by atoms with Crippen LogP contribution in [0.5, 0.6) is 5.75 Å². The van der Waals surface area contributed by atoms with Crippen molar-refractivity contribution in [3.05, 3.63) is 64.2 Å². The van der Waals surface area contributed by atoms with E-state index >= 15 is 0 Å². The predicted molar refractivity (Wildman–Crippen MR) is 71.7 cm³/mol. The van der Waals surface area contributed by atoms with E-state index in [2.05, 4.69) is 6.07 Å². The van der Waals surface area contributed by atoms with Gasteiger partial charge >= 0.3 is 0 Å². The summed E-state index contributed by atoms with van der Waals surface area (Å²) in [5, 5.41) is 9.68. The van der Waals surface area contributed by atoms with Gasteiger partial charge in [0.05, 0.1) is 11.6 Å². The Kier molecular flexibility index (Phi) is 3.86. The standard InChI is InChI=1S/C15H12ClNO/c1-11-8-14(16)6-7-15(11)18-10-13-5-3-2-4-12(13)9-17/h2-8H,10H2,1H3. The van der Waals surface area contributed by atoms with E-state index in [1.165, 1.54) is 0 Å². The summed E-state index contributed by atoms with van der Waals surface area (Å²) in [7, 11) is 0. The van der Waals surface area contributed by atoms with Gasteiger partial charge < -0.3 is 4.74 Å². The summed E-state index contributed by atoms with van der Waals surface area (Å²) in [6.45, 7) is 2.32. The molecule has 0 saturated heterocycles. The van der Waals surface area contributed by atoms with Crippen molar-refractivity contribution in [3.8, 4) is 11.8 Å². The highest BCUT2D eigenvalue weighted by molar-refractivity contribution is 6.30. The van der Waals surface area contributed by atoms with E-state index < -0.39 is 0 Å². The van der Waals surface area contributed by atoms with Crippen LogP contribution in [0.2, 0.25) is 5.02 Å². The highest BCUT2D eigenvalue weighted by Crippen LogP contribution is 2.23. The topological polar surface area (TPSA) is 33.0 Å². The lowest BCUT2D eigenvalue weighted by Gasteiger charge is -2.10. The Morgan fingerprint density at radius 1 is 1.22 bits per heavy atom. The molecule has 18 heavy (non-hydrogen) atoms. The fourth-order valence-electron chi connectivity index (χ4n) is 1.69. The lowest BCUT2D eigenvalue weighted by molar-refractivity contribution is 0.304. The average Bonchev–Trinajstić information content (AvgIpc) is 2.38. The number of aryl methyl sites for hydroxylation is 1. The minimum absolute atomic E-state index is 0.381. The fourth-order valence-corrected chi connectivity index (χ4v) is 1.91. The van der Waals surface area contributed by atoms with E-state index in [1.54, 1.807) is 12.1 Å². The van der Waals surface area contributed by atoms with Crippen molar-refractivity contribution in [1.82, 2.24) is 0 Å². The summed E-state index contributed by atoms with van der Waals surface area (Å²) in [4.78, 5) is 0. The number of rotatable bonds is 3. The van der Waals surface area contributed by atoms with E-state index in [4.69, 9.17) is 21.6 Å². The first-order valence-electron chi connectivity index (χ1n) is 5.57. The molecule has 0 aliphatic heterocycles. The van der Waals surface area contributed by atoms with Crippen LogP contribution in [0.4, 0.5) is 0 Å². The number of hydrogen-bond donors (Lipinski definition) is 0. The van der Waals surface area contributed by atoms with Crippen LogP contribution in [0.15, 0.2) is 42.5 Å². The molecule has 0 spiro atoms. The Morgan fingerprint density at radius 3 is 2.72 bits per heavy atom. The van der Waals surface area contributed by atoms with Gasteiger partial charge in [-0.15, -0.1) is 0 Å². The molecule has 0 unspecified atom stereocenters. The first kappa shape index (κ1) is 12.5. The molecule has 0 aliphatic carbocycles. The van der Waals surface area contributed by atoms with Gasteiger partial charge in [0.15, 0.2) is 0 Å². The summed E-state index contributed by atoms with van der Waals surface area (Å²) >= 11 is 5.88. The largest absolute Gasteiger partial charge is 0.489 e. The van der Waals surface area contributed by atoms with Crippen LogP contribution in [0.1, 0.15) is 16.7 Å².